The van der Waals surface area contributed by atoms with Gasteiger partial charge in [0.15, 0.2) is 17.5 Å². The quantitative estimate of drug-likeness (QED) is 0.181. The van der Waals surface area contributed by atoms with Crippen LogP contribution in [-0.2, 0) is 5.41 Å². The standard InChI is InChI=1S/C52H32N4O/c1-3-16-33(17-4-1)49-53-50(34-18-5-2-6-19-34)55-51(54-49)40-23-15-22-39-36-31-30-35(56-44-26-11-7-20-37(44)38-21-8-12-27-45(38)56)32-43(36)52(48(39)40)41-24-9-13-28-46(41)57-47-29-14-10-25-42(47)52/h1-32H. The van der Waals surface area contributed by atoms with E-state index < -0.39 is 5.41 Å². The average Bonchev–Trinajstić information content (AvgIpc) is 3.77. The maximum atomic E-state index is 6.77. The van der Waals surface area contributed by atoms with E-state index in [2.05, 4.69) is 162 Å². The Morgan fingerprint density at radius 2 is 0.895 bits per heavy atom. The lowest BCUT2D eigenvalue weighted by Crippen LogP contribution is -2.33. The van der Waals surface area contributed by atoms with Crippen molar-refractivity contribution in [3.63, 3.8) is 0 Å². The zero-order valence-corrected chi connectivity index (χ0v) is 30.7. The first kappa shape index (κ1) is 31.7. The maximum absolute atomic E-state index is 6.77. The molecule has 1 aliphatic heterocycles. The number of nitrogens with zero attached hydrogens (tertiary/aromatic N) is 4. The molecule has 10 aromatic rings. The van der Waals surface area contributed by atoms with E-state index in [0.29, 0.717) is 17.5 Å². The smallest absolute Gasteiger partial charge is 0.164 e. The molecule has 3 heterocycles. The van der Waals surface area contributed by atoms with E-state index in [1.165, 1.54) is 32.9 Å². The molecule has 2 aliphatic rings. The zero-order chi connectivity index (χ0) is 37.5. The lowest BCUT2D eigenvalue weighted by atomic mass is 9.65. The van der Waals surface area contributed by atoms with Crippen molar-refractivity contribution in [1.82, 2.24) is 19.5 Å². The fraction of sp³-hybridized carbons (Fsp3) is 0.0192. The van der Waals surface area contributed by atoms with Gasteiger partial charge in [-0.3, -0.25) is 0 Å². The minimum atomic E-state index is -0.770. The summed E-state index contributed by atoms with van der Waals surface area (Å²) in [4.78, 5) is 15.7. The largest absolute Gasteiger partial charge is 0.457 e. The summed E-state index contributed by atoms with van der Waals surface area (Å²) in [6.07, 6.45) is 0. The maximum Gasteiger partial charge on any atom is 0.164 e. The fourth-order valence-electron chi connectivity index (χ4n) is 9.40. The van der Waals surface area contributed by atoms with Crippen molar-refractivity contribution >= 4 is 21.8 Å². The van der Waals surface area contributed by atoms with Gasteiger partial charge in [0.1, 0.15) is 11.5 Å². The Hall–Kier alpha value is -7.63. The van der Waals surface area contributed by atoms with Crippen LogP contribution in [0.1, 0.15) is 22.3 Å². The van der Waals surface area contributed by atoms with Crippen molar-refractivity contribution in [2.24, 2.45) is 0 Å². The third kappa shape index (κ3) is 4.54. The molecule has 0 saturated heterocycles. The summed E-state index contributed by atoms with van der Waals surface area (Å²) in [5.74, 6) is 3.54. The molecule has 8 aromatic carbocycles. The van der Waals surface area contributed by atoms with E-state index in [-0.39, 0.29) is 0 Å². The average molecular weight is 729 g/mol. The van der Waals surface area contributed by atoms with Gasteiger partial charge in [-0.05, 0) is 58.7 Å². The molecule has 0 fully saturated rings. The summed E-state index contributed by atoms with van der Waals surface area (Å²) in [6, 6.07) is 68.3. The van der Waals surface area contributed by atoms with Crippen molar-refractivity contribution in [2.75, 3.05) is 0 Å². The van der Waals surface area contributed by atoms with Crippen molar-refractivity contribution in [3.8, 4) is 62.5 Å². The SMILES string of the molecule is c1ccc(-c2nc(-c3ccccc3)nc(-c3cccc4c3C3(c5ccccc5Oc5ccccc53)c3cc(-n5c6ccccc6c6ccccc65)ccc3-4)n2)cc1. The Kier molecular flexibility index (Phi) is 6.78. The molecule has 12 rings (SSSR count). The van der Waals surface area contributed by atoms with E-state index in [1.54, 1.807) is 0 Å². The van der Waals surface area contributed by atoms with Crippen LogP contribution in [-0.4, -0.2) is 19.5 Å². The lowest BCUT2D eigenvalue weighted by molar-refractivity contribution is 0.436. The van der Waals surface area contributed by atoms with Crippen molar-refractivity contribution < 1.29 is 4.74 Å². The number of ether oxygens (including phenoxy) is 1. The van der Waals surface area contributed by atoms with Crippen LogP contribution in [0.2, 0.25) is 0 Å². The summed E-state index contributed by atoms with van der Waals surface area (Å²) in [5, 5.41) is 2.46. The van der Waals surface area contributed by atoms with Gasteiger partial charge in [0.2, 0.25) is 0 Å². The number of hydrogen-bond acceptors (Lipinski definition) is 4. The molecule has 1 aliphatic carbocycles. The number of para-hydroxylation sites is 4. The van der Waals surface area contributed by atoms with E-state index in [1.807, 2.05) is 36.4 Å². The number of fused-ring (bicyclic) bond motifs is 12. The van der Waals surface area contributed by atoms with Crippen LogP contribution < -0.4 is 4.74 Å². The molecule has 5 heteroatoms. The van der Waals surface area contributed by atoms with Gasteiger partial charge in [-0.1, -0.05) is 158 Å². The molecule has 0 saturated carbocycles. The summed E-state index contributed by atoms with van der Waals surface area (Å²) in [5.41, 5.74) is 12.3. The summed E-state index contributed by atoms with van der Waals surface area (Å²) in [6.45, 7) is 0. The van der Waals surface area contributed by atoms with Gasteiger partial charge in [0, 0.05) is 44.3 Å². The van der Waals surface area contributed by atoms with Gasteiger partial charge < -0.3 is 9.30 Å². The van der Waals surface area contributed by atoms with Crippen LogP contribution in [0.3, 0.4) is 0 Å². The summed E-state index contributed by atoms with van der Waals surface area (Å²) >= 11 is 0. The van der Waals surface area contributed by atoms with Gasteiger partial charge in [-0.15, -0.1) is 0 Å². The minimum absolute atomic E-state index is 0.621. The van der Waals surface area contributed by atoms with Gasteiger partial charge >= 0.3 is 0 Å². The third-order valence-electron chi connectivity index (χ3n) is 11.7. The van der Waals surface area contributed by atoms with Crippen molar-refractivity contribution in [3.05, 3.63) is 216 Å². The predicted molar refractivity (Wildman–Crippen MR) is 228 cm³/mol. The molecule has 0 unspecified atom stereocenters. The molecule has 2 aromatic heterocycles. The molecule has 57 heavy (non-hydrogen) atoms. The Balaban J connectivity index is 1.20. The van der Waals surface area contributed by atoms with Gasteiger partial charge in [-0.25, -0.2) is 15.0 Å². The second-order valence-electron chi connectivity index (χ2n) is 14.7. The second kappa shape index (κ2) is 12.2. The molecule has 0 atom stereocenters. The van der Waals surface area contributed by atoms with E-state index in [0.717, 1.165) is 56.1 Å². The van der Waals surface area contributed by atoms with Crippen molar-refractivity contribution in [2.45, 2.75) is 5.41 Å². The minimum Gasteiger partial charge on any atom is -0.457 e. The van der Waals surface area contributed by atoms with Crippen LogP contribution in [0.4, 0.5) is 0 Å². The molecule has 0 radical (unpaired) electrons. The first-order chi connectivity index (χ1) is 28.3. The molecule has 0 amide bonds. The molecule has 266 valence electrons. The normalized spacial score (nSPS) is 13.2. The molecular formula is C52H32N4O. The first-order valence-electron chi connectivity index (χ1n) is 19.3. The molecule has 0 N–H and O–H groups in total. The van der Waals surface area contributed by atoms with E-state index >= 15 is 0 Å². The van der Waals surface area contributed by atoms with Crippen LogP contribution in [0, 0.1) is 0 Å². The molecule has 0 bridgehead atoms. The highest BCUT2D eigenvalue weighted by Crippen LogP contribution is 2.64. The highest BCUT2D eigenvalue weighted by Gasteiger charge is 2.52. The Morgan fingerprint density at radius 3 is 1.51 bits per heavy atom. The van der Waals surface area contributed by atoms with Crippen LogP contribution in [0.15, 0.2) is 194 Å². The number of rotatable bonds is 4. The number of hydrogen-bond donors (Lipinski definition) is 0. The zero-order valence-electron chi connectivity index (χ0n) is 30.7. The van der Waals surface area contributed by atoms with Crippen molar-refractivity contribution in [1.29, 1.82) is 0 Å². The topological polar surface area (TPSA) is 52.8 Å². The molecule has 5 nitrogen and oxygen atoms in total. The van der Waals surface area contributed by atoms with E-state index in [9.17, 15) is 0 Å². The number of benzene rings is 8. The van der Waals surface area contributed by atoms with Crippen LogP contribution in [0.25, 0.3) is 72.8 Å². The van der Waals surface area contributed by atoms with Crippen LogP contribution in [0.5, 0.6) is 11.5 Å². The Bertz CT molecular complexity index is 3070. The third-order valence-corrected chi connectivity index (χ3v) is 11.7. The fourth-order valence-corrected chi connectivity index (χ4v) is 9.40. The molecule has 1 spiro atoms. The van der Waals surface area contributed by atoms with Crippen LogP contribution >= 0.6 is 0 Å². The van der Waals surface area contributed by atoms with E-state index in [4.69, 9.17) is 19.7 Å². The highest BCUT2D eigenvalue weighted by atomic mass is 16.5. The second-order valence-corrected chi connectivity index (χ2v) is 14.7. The Morgan fingerprint density at radius 1 is 0.386 bits per heavy atom. The lowest BCUT2D eigenvalue weighted by Gasteiger charge is -2.40. The van der Waals surface area contributed by atoms with Gasteiger partial charge in [-0.2, -0.15) is 0 Å². The van der Waals surface area contributed by atoms with Gasteiger partial charge in [0.05, 0.1) is 16.4 Å². The number of aromatic nitrogens is 4. The molecular weight excluding hydrogens is 697 g/mol. The summed E-state index contributed by atoms with van der Waals surface area (Å²) < 4.78 is 9.17. The van der Waals surface area contributed by atoms with Gasteiger partial charge in [0.25, 0.3) is 0 Å². The first-order valence-corrected chi connectivity index (χ1v) is 19.3. The Labute approximate surface area is 329 Å². The monoisotopic (exact) mass is 728 g/mol. The highest BCUT2D eigenvalue weighted by molar-refractivity contribution is 6.09. The predicted octanol–water partition coefficient (Wildman–Crippen LogP) is 12.4. The summed E-state index contributed by atoms with van der Waals surface area (Å²) in [7, 11) is 0.